The minimum absolute atomic E-state index is 0.245. The molecule has 0 saturated carbocycles. The zero-order chi connectivity index (χ0) is 29.6. The molecule has 0 aliphatic heterocycles. The second kappa shape index (κ2) is 16.4. The summed E-state index contributed by atoms with van der Waals surface area (Å²) in [6.45, 7) is 11.0. The number of ether oxygens (including phenoxy) is 2. The highest BCUT2D eigenvalue weighted by Crippen LogP contribution is 2.26. The number of methoxy groups -OCH3 is 1. The molecule has 1 rings (SSSR count). The van der Waals surface area contributed by atoms with Crippen LogP contribution in [0.2, 0.25) is 0 Å². The van der Waals surface area contributed by atoms with Gasteiger partial charge in [-0.3, -0.25) is 14.4 Å². The highest BCUT2D eigenvalue weighted by Gasteiger charge is 2.38. The maximum atomic E-state index is 14.2. The van der Waals surface area contributed by atoms with Gasteiger partial charge in [-0.1, -0.05) is 64.5 Å². The Balaban J connectivity index is 3.54. The van der Waals surface area contributed by atoms with E-state index in [9.17, 15) is 19.2 Å². The Morgan fingerprint density at radius 2 is 1.69 bits per heavy atom. The van der Waals surface area contributed by atoms with Crippen molar-refractivity contribution in [1.29, 1.82) is 0 Å². The van der Waals surface area contributed by atoms with Gasteiger partial charge in [-0.15, -0.1) is 6.42 Å². The molecular weight excluding hydrogens is 498 g/mol. The quantitative estimate of drug-likeness (QED) is 0.205. The van der Waals surface area contributed by atoms with Crippen LogP contribution in [0.5, 0.6) is 0 Å². The van der Waals surface area contributed by atoms with Gasteiger partial charge in [0.1, 0.15) is 24.2 Å². The fourth-order valence-electron chi connectivity index (χ4n) is 3.93. The summed E-state index contributed by atoms with van der Waals surface area (Å²) in [7, 11) is 1.23. The van der Waals surface area contributed by atoms with Crippen molar-refractivity contribution in [3.63, 3.8) is 0 Å². The minimum atomic E-state index is -1.07. The lowest BCUT2D eigenvalue weighted by Gasteiger charge is -2.36. The minimum Gasteiger partial charge on any atom is -0.468 e. The molecule has 0 saturated heterocycles. The Bertz CT molecular complexity index is 993. The number of nitrogens with zero attached hydrogens (tertiary/aromatic N) is 1. The van der Waals surface area contributed by atoms with E-state index in [1.165, 1.54) is 12.0 Å². The van der Waals surface area contributed by atoms with E-state index in [1.807, 2.05) is 13.8 Å². The van der Waals surface area contributed by atoms with Crippen LogP contribution < -0.4 is 10.6 Å². The van der Waals surface area contributed by atoms with E-state index in [0.29, 0.717) is 24.0 Å². The average molecular weight is 544 g/mol. The summed E-state index contributed by atoms with van der Waals surface area (Å²) in [4.78, 5) is 53.7. The van der Waals surface area contributed by atoms with Crippen LogP contribution >= 0.6 is 0 Å². The van der Waals surface area contributed by atoms with Gasteiger partial charge in [0, 0.05) is 12.1 Å². The first kappa shape index (κ1) is 33.5. The van der Waals surface area contributed by atoms with Gasteiger partial charge >= 0.3 is 12.1 Å². The molecule has 0 aromatic heterocycles. The molecule has 0 aliphatic carbocycles. The Morgan fingerprint density at radius 1 is 1.05 bits per heavy atom. The number of rotatable bonds is 14. The van der Waals surface area contributed by atoms with Gasteiger partial charge < -0.3 is 25.0 Å². The van der Waals surface area contributed by atoms with Crippen LogP contribution in [0.25, 0.3) is 0 Å². The van der Waals surface area contributed by atoms with E-state index in [2.05, 4.69) is 28.2 Å². The van der Waals surface area contributed by atoms with Crippen LogP contribution in [0.1, 0.15) is 90.8 Å². The van der Waals surface area contributed by atoms with E-state index in [-0.39, 0.29) is 19.0 Å². The molecule has 0 bridgehead atoms. The van der Waals surface area contributed by atoms with Crippen molar-refractivity contribution in [3.05, 3.63) is 35.4 Å². The van der Waals surface area contributed by atoms with Crippen molar-refractivity contribution < 1.29 is 28.7 Å². The summed E-state index contributed by atoms with van der Waals surface area (Å²) >= 11 is 0. The standard InChI is InChI=1S/C30H45N3O6/c1-9-12-13-14-19-33(28(36)25(21(4)10-2)32-29(37)39-30(5,6)7)26(27(35)31-20-24(34)38-8)23-17-15-22(11-3)16-18-23/h3,15-18,21,25-26H,9-10,12-14,19-20H2,1-2,4-8H3,(H,31,35)(H,32,37). The number of benzene rings is 1. The lowest BCUT2D eigenvalue weighted by atomic mass is 9.95. The summed E-state index contributed by atoms with van der Waals surface area (Å²) in [5.41, 5.74) is 0.403. The third-order valence-electron chi connectivity index (χ3n) is 6.27. The zero-order valence-corrected chi connectivity index (χ0v) is 24.5. The first-order chi connectivity index (χ1) is 18.4. The molecule has 0 spiro atoms. The lowest BCUT2D eigenvalue weighted by molar-refractivity contribution is -0.145. The molecule has 39 heavy (non-hydrogen) atoms. The van der Waals surface area contributed by atoms with Gasteiger partial charge in [-0.05, 0) is 50.8 Å². The van der Waals surface area contributed by atoms with Crippen molar-refractivity contribution in [2.24, 2.45) is 5.92 Å². The number of nitrogens with one attached hydrogen (secondary N) is 2. The van der Waals surface area contributed by atoms with Crippen LogP contribution in [-0.2, 0) is 23.9 Å². The summed E-state index contributed by atoms with van der Waals surface area (Å²) < 4.78 is 10.1. The van der Waals surface area contributed by atoms with E-state index >= 15 is 0 Å². The number of esters is 1. The molecule has 0 aliphatic rings. The fraction of sp³-hybridized carbons (Fsp3) is 0.600. The number of alkyl carbamates (subject to hydrolysis) is 1. The molecule has 1 aromatic rings. The Labute approximate surface area is 233 Å². The van der Waals surface area contributed by atoms with Crippen LogP contribution in [-0.4, -0.2) is 60.6 Å². The van der Waals surface area contributed by atoms with Crippen LogP contribution in [0.3, 0.4) is 0 Å². The largest absolute Gasteiger partial charge is 0.468 e. The summed E-state index contributed by atoms with van der Waals surface area (Å²) in [6, 6.07) is 4.79. The predicted octanol–water partition coefficient (Wildman–Crippen LogP) is 4.35. The highest BCUT2D eigenvalue weighted by atomic mass is 16.6. The zero-order valence-electron chi connectivity index (χ0n) is 24.5. The van der Waals surface area contributed by atoms with E-state index in [4.69, 9.17) is 11.2 Å². The normalized spacial score (nSPS) is 13.3. The average Bonchev–Trinajstić information content (AvgIpc) is 2.90. The third kappa shape index (κ3) is 11.4. The molecule has 3 atom stereocenters. The maximum Gasteiger partial charge on any atom is 0.408 e. The predicted molar refractivity (Wildman–Crippen MR) is 151 cm³/mol. The number of unbranched alkanes of at least 4 members (excludes halogenated alkanes) is 3. The smallest absolute Gasteiger partial charge is 0.408 e. The molecular formula is C30H45N3O6. The second-order valence-corrected chi connectivity index (χ2v) is 10.6. The number of hydrogen-bond donors (Lipinski definition) is 2. The molecule has 9 nitrogen and oxygen atoms in total. The van der Waals surface area contributed by atoms with E-state index < -0.39 is 41.6 Å². The van der Waals surface area contributed by atoms with Crippen LogP contribution in [0.15, 0.2) is 24.3 Å². The first-order valence-electron chi connectivity index (χ1n) is 13.6. The van der Waals surface area contributed by atoms with Gasteiger partial charge in [0.25, 0.3) is 0 Å². The summed E-state index contributed by atoms with van der Waals surface area (Å²) in [5.74, 6) is 0.732. The van der Waals surface area contributed by atoms with Gasteiger partial charge in [0.15, 0.2) is 0 Å². The van der Waals surface area contributed by atoms with Crippen LogP contribution in [0.4, 0.5) is 4.79 Å². The number of carbonyl (C=O) groups excluding carboxylic acids is 4. The SMILES string of the molecule is C#Cc1ccc(C(C(=O)NCC(=O)OC)N(CCCCCC)C(=O)C(NC(=O)OC(C)(C)C)C(C)CC)cc1. The molecule has 1 aromatic carbocycles. The number of terminal acetylenes is 1. The topological polar surface area (TPSA) is 114 Å². The number of hydrogen-bond acceptors (Lipinski definition) is 6. The molecule has 0 heterocycles. The van der Waals surface area contributed by atoms with Crippen LogP contribution in [0, 0.1) is 18.3 Å². The van der Waals surface area contributed by atoms with Crippen molar-refractivity contribution in [1.82, 2.24) is 15.5 Å². The Hall–Kier alpha value is -3.54. The fourth-order valence-corrected chi connectivity index (χ4v) is 3.93. The highest BCUT2D eigenvalue weighted by molar-refractivity contribution is 5.93. The maximum absolute atomic E-state index is 14.2. The molecule has 3 amide bonds. The molecule has 3 unspecified atom stereocenters. The summed E-state index contributed by atoms with van der Waals surface area (Å²) in [6.07, 6.45) is 8.90. The van der Waals surface area contributed by atoms with E-state index in [0.717, 1.165) is 19.3 Å². The Kier molecular flexibility index (Phi) is 14.1. The van der Waals surface area contributed by atoms with Crippen molar-refractivity contribution in [3.8, 4) is 12.3 Å². The molecule has 0 radical (unpaired) electrons. The number of amides is 3. The second-order valence-electron chi connectivity index (χ2n) is 10.6. The summed E-state index contributed by atoms with van der Waals surface area (Å²) in [5, 5.41) is 5.34. The Morgan fingerprint density at radius 3 is 2.21 bits per heavy atom. The molecule has 216 valence electrons. The lowest BCUT2D eigenvalue weighted by Crippen LogP contribution is -2.55. The molecule has 9 heteroatoms. The molecule has 0 fully saturated rings. The third-order valence-corrected chi connectivity index (χ3v) is 6.27. The number of carbonyl (C=O) groups is 4. The van der Waals surface area contributed by atoms with Gasteiger partial charge in [0.05, 0.1) is 7.11 Å². The van der Waals surface area contributed by atoms with Crippen molar-refractivity contribution in [2.45, 2.75) is 91.3 Å². The van der Waals surface area contributed by atoms with Gasteiger partial charge in [-0.25, -0.2) is 4.79 Å². The van der Waals surface area contributed by atoms with Crippen molar-refractivity contribution in [2.75, 3.05) is 20.2 Å². The van der Waals surface area contributed by atoms with Crippen molar-refractivity contribution >= 4 is 23.9 Å². The van der Waals surface area contributed by atoms with Gasteiger partial charge in [-0.2, -0.15) is 0 Å². The van der Waals surface area contributed by atoms with Gasteiger partial charge in [0.2, 0.25) is 11.8 Å². The monoisotopic (exact) mass is 543 g/mol. The van der Waals surface area contributed by atoms with E-state index in [1.54, 1.807) is 45.0 Å². The molecule has 2 N–H and O–H groups in total. The first-order valence-corrected chi connectivity index (χ1v) is 13.6.